The minimum absolute atomic E-state index is 0.0937. The Morgan fingerprint density at radius 3 is 2.74 bits per heavy atom. The van der Waals surface area contributed by atoms with E-state index in [0.29, 0.717) is 11.3 Å². The van der Waals surface area contributed by atoms with Crippen LogP contribution in [0.1, 0.15) is 32.9 Å². The van der Waals surface area contributed by atoms with Gasteiger partial charge in [-0.2, -0.15) is 15.1 Å². The Kier molecular flexibility index (Phi) is 8.64. The average molecular weight is 610 g/mol. The number of hydrogen-bond donors (Lipinski definition) is 5. The molecule has 6 atom stereocenters. The fourth-order valence-electron chi connectivity index (χ4n) is 4.47. The lowest BCUT2D eigenvalue weighted by atomic mass is 9.97. The Morgan fingerprint density at radius 1 is 1.33 bits per heavy atom. The highest BCUT2D eigenvalue weighted by atomic mass is 31.2. The van der Waals surface area contributed by atoms with Gasteiger partial charge in [-0.05, 0) is 38.8 Å². The van der Waals surface area contributed by atoms with Gasteiger partial charge in [-0.3, -0.25) is 13.9 Å². The molecule has 3 heterocycles. The summed E-state index contributed by atoms with van der Waals surface area (Å²) in [6, 6.07) is 7.14. The molecule has 6 N–H and O–H groups in total. The minimum Gasteiger partial charge on any atom is -0.465 e. The molecule has 42 heavy (non-hydrogen) atoms. The zero-order valence-corrected chi connectivity index (χ0v) is 23.8. The number of carbonyl (C=O) groups is 1. The van der Waals surface area contributed by atoms with Crippen LogP contribution in [0.2, 0.25) is 0 Å². The quantitative estimate of drug-likeness (QED) is 0.138. The molecule has 2 aliphatic rings. The molecule has 5 rings (SSSR count). The molecule has 17 heteroatoms. The van der Waals surface area contributed by atoms with Gasteiger partial charge in [0.05, 0.1) is 26.1 Å². The SMILES string of the molecule is CCOC(=O)[C@@H](C)N[P@](=O)(OC[C@H]1O[C@@H](n2cnc3c(NC4CC4)nc(N)nc32)[C@@](F)(CO)[C@@H]1O)Oc1ccccc1. The number of carbonyl (C=O) groups excluding carboxylic acids is 1. The van der Waals surface area contributed by atoms with Crippen LogP contribution >= 0.6 is 7.75 Å². The number of anilines is 2. The number of ether oxygens (including phenoxy) is 2. The third kappa shape index (κ3) is 6.19. The zero-order valence-electron chi connectivity index (χ0n) is 22.9. The Bertz CT molecular complexity index is 1460. The molecular formula is C25H33FN7O8P. The number of esters is 1. The highest BCUT2D eigenvalue weighted by molar-refractivity contribution is 7.52. The number of halogens is 1. The smallest absolute Gasteiger partial charge is 0.459 e. The lowest BCUT2D eigenvalue weighted by molar-refractivity contribution is -0.144. The van der Waals surface area contributed by atoms with E-state index in [0.717, 1.165) is 12.8 Å². The highest BCUT2D eigenvalue weighted by Crippen LogP contribution is 2.48. The minimum atomic E-state index is -4.34. The molecule has 0 spiro atoms. The summed E-state index contributed by atoms with van der Waals surface area (Å²) < 4.78 is 53.1. The predicted octanol–water partition coefficient (Wildman–Crippen LogP) is 1.69. The maximum absolute atomic E-state index is 16.2. The predicted molar refractivity (Wildman–Crippen MR) is 147 cm³/mol. The molecule has 0 bridgehead atoms. The van der Waals surface area contributed by atoms with Gasteiger partial charge in [0.2, 0.25) is 11.6 Å². The van der Waals surface area contributed by atoms with Gasteiger partial charge in [-0.15, -0.1) is 0 Å². The third-order valence-corrected chi connectivity index (χ3v) is 8.42. The van der Waals surface area contributed by atoms with Gasteiger partial charge < -0.3 is 35.3 Å². The van der Waals surface area contributed by atoms with E-state index in [1.165, 1.54) is 30.0 Å². The molecule has 15 nitrogen and oxygen atoms in total. The molecule has 2 fully saturated rings. The number of nitrogens with two attached hydrogens (primary N) is 1. The van der Waals surface area contributed by atoms with Crippen molar-refractivity contribution in [2.75, 3.05) is 30.9 Å². The summed E-state index contributed by atoms with van der Waals surface area (Å²) >= 11 is 0. The number of alkyl halides is 1. The van der Waals surface area contributed by atoms with Crippen molar-refractivity contribution in [2.45, 2.75) is 62.9 Å². The molecule has 1 saturated carbocycles. The summed E-state index contributed by atoms with van der Waals surface area (Å²) in [5, 5.41) is 26.7. The molecular weight excluding hydrogens is 576 g/mol. The number of aliphatic hydroxyl groups excluding tert-OH is 2. The van der Waals surface area contributed by atoms with Gasteiger partial charge in [-0.25, -0.2) is 13.9 Å². The van der Waals surface area contributed by atoms with Crippen LogP contribution in [0.4, 0.5) is 16.2 Å². The van der Waals surface area contributed by atoms with Gasteiger partial charge >= 0.3 is 13.7 Å². The maximum atomic E-state index is 16.2. The summed E-state index contributed by atoms with van der Waals surface area (Å²) in [7, 11) is -4.34. The van der Waals surface area contributed by atoms with Crippen molar-refractivity contribution in [3.8, 4) is 5.75 Å². The van der Waals surface area contributed by atoms with Crippen LogP contribution < -0.4 is 20.7 Å². The first-order valence-corrected chi connectivity index (χ1v) is 14.9. The van der Waals surface area contributed by atoms with Crippen LogP contribution in [0.25, 0.3) is 11.2 Å². The Morgan fingerprint density at radius 2 is 2.07 bits per heavy atom. The van der Waals surface area contributed by atoms with E-state index < -0.39 is 57.1 Å². The zero-order chi connectivity index (χ0) is 30.1. The van der Waals surface area contributed by atoms with Crippen LogP contribution in [0, 0.1) is 0 Å². The summed E-state index contributed by atoms with van der Waals surface area (Å²) in [6.07, 6.45) is -1.86. The second kappa shape index (κ2) is 12.1. The molecule has 228 valence electrons. The van der Waals surface area contributed by atoms with Crippen LogP contribution in [-0.2, 0) is 23.4 Å². The third-order valence-electron chi connectivity index (χ3n) is 6.78. The van der Waals surface area contributed by atoms with E-state index in [1.807, 2.05) is 0 Å². The Labute approximate surface area is 240 Å². The fourth-order valence-corrected chi connectivity index (χ4v) is 5.97. The van der Waals surface area contributed by atoms with E-state index in [9.17, 15) is 19.6 Å². The first kappa shape index (κ1) is 30.1. The van der Waals surface area contributed by atoms with Crippen molar-refractivity contribution in [1.29, 1.82) is 0 Å². The van der Waals surface area contributed by atoms with Crippen molar-refractivity contribution < 1.29 is 42.5 Å². The Balaban J connectivity index is 1.39. The number of rotatable bonds is 13. The summed E-state index contributed by atoms with van der Waals surface area (Å²) in [5.74, 6) is -0.281. The molecule has 0 unspecified atom stereocenters. The number of para-hydroxylation sites is 1. The van der Waals surface area contributed by atoms with E-state index in [-0.39, 0.29) is 30.0 Å². The number of imidazole rings is 1. The van der Waals surface area contributed by atoms with Crippen LogP contribution in [0.15, 0.2) is 36.7 Å². The summed E-state index contributed by atoms with van der Waals surface area (Å²) in [5.41, 5.74) is 3.56. The van der Waals surface area contributed by atoms with Crippen molar-refractivity contribution >= 4 is 36.6 Å². The number of fused-ring (bicyclic) bond motifs is 1. The summed E-state index contributed by atoms with van der Waals surface area (Å²) in [4.78, 5) is 24.9. The monoisotopic (exact) mass is 609 g/mol. The number of benzene rings is 1. The molecule has 1 aromatic carbocycles. The number of aromatic nitrogens is 4. The number of aliphatic hydroxyl groups is 2. The van der Waals surface area contributed by atoms with Gasteiger partial charge in [0.25, 0.3) is 0 Å². The van der Waals surface area contributed by atoms with Gasteiger partial charge in [0, 0.05) is 6.04 Å². The standard InChI is InChI=1S/C25H33FN7O8P/c1-3-38-22(36)14(2)32-42(37,41-16-7-5-4-6-8-16)39-11-17-19(35)25(26,12-34)23(40-17)33-13-28-18-20(29-15-9-10-15)30-24(27)31-21(18)33/h4-8,13-15,17,19,23,34-35H,3,9-12H2,1-2H3,(H,32,37)(H3,27,29,30,31)/t14-,17-,19-,23-,25-,42+/m1/s1. The lowest BCUT2D eigenvalue weighted by Gasteiger charge is -2.27. The maximum Gasteiger partial charge on any atom is 0.459 e. The van der Waals surface area contributed by atoms with Crippen LogP contribution in [-0.4, -0.2) is 85.5 Å². The normalized spacial score (nSPS) is 26.1. The largest absolute Gasteiger partial charge is 0.465 e. The van der Waals surface area contributed by atoms with Crippen molar-refractivity contribution in [1.82, 2.24) is 24.6 Å². The van der Waals surface area contributed by atoms with Gasteiger partial charge in [0.15, 0.2) is 23.2 Å². The molecule has 3 aromatic rings. The highest BCUT2D eigenvalue weighted by Gasteiger charge is 2.59. The topological polar surface area (TPSA) is 205 Å². The number of nitrogens with one attached hydrogen (secondary N) is 2. The molecule has 1 aliphatic carbocycles. The second-order valence-corrected chi connectivity index (χ2v) is 11.7. The molecule has 1 saturated heterocycles. The second-order valence-electron chi connectivity index (χ2n) is 10.0. The van der Waals surface area contributed by atoms with Crippen molar-refractivity contribution in [3.05, 3.63) is 36.7 Å². The first-order valence-electron chi connectivity index (χ1n) is 13.4. The van der Waals surface area contributed by atoms with Gasteiger partial charge in [-0.1, -0.05) is 18.2 Å². The van der Waals surface area contributed by atoms with E-state index in [2.05, 4.69) is 25.4 Å². The van der Waals surface area contributed by atoms with E-state index in [1.54, 1.807) is 25.1 Å². The molecule has 1 aliphatic heterocycles. The van der Waals surface area contributed by atoms with Gasteiger partial charge in [0.1, 0.15) is 24.0 Å². The average Bonchev–Trinajstić information content (AvgIpc) is 3.62. The van der Waals surface area contributed by atoms with Crippen LogP contribution in [0.5, 0.6) is 5.75 Å². The number of nitrogens with zero attached hydrogens (tertiary/aromatic N) is 4. The first-order chi connectivity index (χ1) is 20.1. The van der Waals surface area contributed by atoms with Crippen molar-refractivity contribution in [2.24, 2.45) is 0 Å². The lowest BCUT2D eigenvalue weighted by Crippen LogP contribution is -2.46. The molecule has 0 amide bonds. The molecule has 0 radical (unpaired) electrons. The van der Waals surface area contributed by atoms with E-state index >= 15 is 4.39 Å². The number of hydrogen-bond acceptors (Lipinski definition) is 13. The molecule has 2 aromatic heterocycles. The Hall–Kier alpha value is -3.40. The van der Waals surface area contributed by atoms with E-state index in [4.69, 9.17) is 24.3 Å². The van der Waals surface area contributed by atoms with Crippen LogP contribution in [0.3, 0.4) is 0 Å². The fraction of sp³-hybridized carbons (Fsp3) is 0.520. The summed E-state index contributed by atoms with van der Waals surface area (Å²) in [6.45, 7) is 1.32. The van der Waals surface area contributed by atoms with Crippen molar-refractivity contribution in [3.63, 3.8) is 0 Å². The number of nitrogen functional groups attached to an aromatic ring is 1.